The molecule has 8 heteroatoms. The van der Waals surface area contributed by atoms with Crippen LogP contribution in [0.4, 0.5) is 5.69 Å². The van der Waals surface area contributed by atoms with E-state index in [1.807, 2.05) is 6.92 Å². The van der Waals surface area contributed by atoms with Gasteiger partial charge in [0.25, 0.3) is 15.9 Å². The lowest BCUT2D eigenvalue weighted by molar-refractivity contribution is 0.102. The van der Waals surface area contributed by atoms with E-state index in [1.54, 1.807) is 42.5 Å². The smallest absolute Gasteiger partial charge is 0.283 e. The van der Waals surface area contributed by atoms with Gasteiger partial charge in [-0.3, -0.25) is 9.78 Å². The number of benzene rings is 1. The summed E-state index contributed by atoms with van der Waals surface area (Å²) in [6, 6.07) is 11.6. The molecular formula is C17H16N4O3S. The van der Waals surface area contributed by atoms with Crippen LogP contribution in [-0.2, 0) is 16.4 Å². The van der Waals surface area contributed by atoms with Gasteiger partial charge in [-0.2, -0.15) is 17.6 Å². The minimum Gasteiger partial charge on any atom is -0.318 e. The Bertz CT molecular complexity index is 980. The van der Waals surface area contributed by atoms with E-state index in [0.717, 1.165) is 16.1 Å². The zero-order valence-corrected chi connectivity index (χ0v) is 14.3. The number of amides is 1. The Labute approximate surface area is 145 Å². The third-order valence-electron chi connectivity index (χ3n) is 3.59. The van der Waals surface area contributed by atoms with Crippen LogP contribution >= 0.6 is 0 Å². The van der Waals surface area contributed by atoms with Crippen molar-refractivity contribution < 1.29 is 13.2 Å². The lowest BCUT2D eigenvalue weighted by atomic mass is 10.2. The number of hydrogen-bond acceptors (Lipinski definition) is 5. The molecule has 0 fully saturated rings. The van der Waals surface area contributed by atoms with E-state index in [-0.39, 0.29) is 16.3 Å². The van der Waals surface area contributed by atoms with Crippen molar-refractivity contribution in [3.63, 3.8) is 0 Å². The molecule has 1 amide bonds. The van der Waals surface area contributed by atoms with Gasteiger partial charge in [-0.15, -0.1) is 0 Å². The van der Waals surface area contributed by atoms with Crippen LogP contribution < -0.4 is 5.32 Å². The molecule has 1 N–H and O–H groups in total. The Morgan fingerprint density at radius 2 is 1.92 bits per heavy atom. The lowest BCUT2D eigenvalue weighted by Gasteiger charge is -2.05. The van der Waals surface area contributed by atoms with Crippen LogP contribution in [0.25, 0.3) is 0 Å². The van der Waals surface area contributed by atoms with E-state index >= 15 is 0 Å². The van der Waals surface area contributed by atoms with Gasteiger partial charge in [-0.1, -0.05) is 25.1 Å². The topological polar surface area (TPSA) is 94.0 Å². The zero-order valence-electron chi connectivity index (χ0n) is 13.5. The number of pyridine rings is 1. The van der Waals surface area contributed by atoms with Crippen LogP contribution in [0.2, 0.25) is 0 Å². The van der Waals surface area contributed by atoms with Gasteiger partial charge in [-0.25, -0.2) is 0 Å². The number of carbonyl (C=O) groups excluding carboxylic acids is 1. The molecule has 0 atom stereocenters. The molecule has 0 aliphatic heterocycles. The van der Waals surface area contributed by atoms with Crippen LogP contribution in [0, 0.1) is 0 Å². The average molecular weight is 356 g/mol. The van der Waals surface area contributed by atoms with E-state index in [2.05, 4.69) is 15.4 Å². The average Bonchev–Trinajstić information content (AvgIpc) is 3.12. The SMILES string of the molecule is CCc1ccc(S(=O)(=O)n2cc(NC(=O)c3ccccn3)cn2)cc1. The first kappa shape index (κ1) is 16.8. The van der Waals surface area contributed by atoms with Crippen molar-refractivity contribution in [1.29, 1.82) is 0 Å². The van der Waals surface area contributed by atoms with Gasteiger partial charge in [0, 0.05) is 6.20 Å². The van der Waals surface area contributed by atoms with Crippen LogP contribution in [0.1, 0.15) is 23.0 Å². The van der Waals surface area contributed by atoms with Crippen molar-refractivity contribution in [2.24, 2.45) is 0 Å². The number of rotatable bonds is 5. The second-order valence-corrected chi connectivity index (χ2v) is 7.07. The summed E-state index contributed by atoms with van der Waals surface area (Å²) in [5, 5.41) is 6.42. The molecule has 3 rings (SSSR count). The molecule has 7 nitrogen and oxygen atoms in total. The molecule has 0 bridgehead atoms. The standard InChI is InChI=1S/C17H16N4O3S/c1-2-13-6-8-15(9-7-13)25(23,24)21-12-14(11-19-21)20-17(22)16-5-3-4-10-18-16/h3-12H,2H2,1H3,(H,20,22). The Morgan fingerprint density at radius 1 is 1.16 bits per heavy atom. The number of aryl methyl sites for hydroxylation is 1. The monoisotopic (exact) mass is 356 g/mol. The molecule has 25 heavy (non-hydrogen) atoms. The van der Waals surface area contributed by atoms with Gasteiger partial charge in [-0.05, 0) is 36.2 Å². The van der Waals surface area contributed by atoms with Crippen molar-refractivity contribution in [2.75, 3.05) is 5.32 Å². The number of aromatic nitrogens is 3. The highest BCUT2D eigenvalue weighted by Gasteiger charge is 2.19. The fourth-order valence-electron chi connectivity index (χ4n) is 2.20. The minimum atomic E-state index is -3.80. The summed E-state index contributed by atoms with van der Waals surface area (Å²) in [7, 11) is -3.80. The molecule has 0 unspecified atom stereocenters. The summed E-state index contributed by atoms with van der Waals surface area (Å²) >= 11 is 0. The molecule has 0 saturated heterocycles. The number of nitrogens with one attached hydrogen (secondary N) is 1. The summed E-state index contributed by atoms with van der Waals surface area (Å²) < 4.78 is 26.0. The van der Waals surface area contributed by atoms with Gasteiger partial charge in [0.15, 0.2) is 0 Å². The summed E-state index contributed by atoms with van der Waals surface area (Å²) in [5.41, 5.74) is 1.54. The van der Waals surface area contributed by atoms with Crippen molar-refractivity contribution in [2.45, 2.75) is 18.2 Å². The fraction of sp³-hybridized carbons (Fsp3) is 0.118. The summed E-state index contributed by atoms with van der Waals surface area (Å²) in [6.07, 6.45) is 4.86. The summed E-state index contributed by atoms with van der Waals surface area (Å²) in [4.78, 5) is 16.1. The Kier molecular flexibility index (Phi) is 4.62. The minimum absolute atomic E-state index is 0.135. The van der Waals surface area contributed by atoms with Crippen LogP contribution in [0.5, 0.6) is 0 Å². The van der Waals surface area contributed by atoms with Crippen molar-refractivity contribution in [3.05, 3.63) is 72.3 Å². The second-order valence-electron chi connectivity index (χ2n) is 5.27. The predicted octanol–water partition coefficient (Wildman–Crippen LogP) is 2.33. The molecule has 1 aromatic carbocycles. The Morgan fingerprint density at radius 3 is 2.56 bits per heavy atom. The third kappa shape index (κ3) is 3.58. The molecule has 2 aromatic heterocycles. The number of nitrogens with zero attached hydrogens (tertiary/aromatic N) is 3. The highest BCUT2D eigenvalue weighted by molar-refractivity contribution is 7.89. The highest BCUT2D eigenvalue weighted by atomic mass is 32.2. The first-order chi connectivity index (χ1) is 12.0. The molecule has 0 aliphatic carbocycles. The van der Waals surface area contributed by atoms with E-state index in [0.29, 0.717) is 0 Å². The van der Waals surface area contributed by atoms with Gasteiger partial charge < -0.3 is 5.32 Å². The third-order valence-corrected chi connectivity index (χ3v) is 5.15. The summed E-state index contributed by atoms with van der Waals surface area (Å²) in [6.45, 7) is 1.99. The van der Waals surface area contributed by atoms with Crippen LogP contribution in [-0.4, -0.2) is 28.5 Å². The first-order valence-corrected chi connectivity index (χ1v) is 9.06. The molecule has 3 aromatic rings. The van der Waals surface area contributed by atoms with Gasteiger partial charge in [0.2, 0.25) is 0 Å². The normalized spacial score (nSPS) is 11.2. The van der Waals surface area contributed by atoms with Crippen molar-refractivity contribution in [1.82, 2.24) is 14.2 Å². The van der Waals surface area contributed by atoms with Gasteiger partial charge in [0.1, 0.15) is 5.69 Å². The Balaban J connectivity index is 1.81. The van der Waals surface area contributed by atoms with E-state index < -0.39 is 15.9 Å². The van der Waals surface area contributed by atoms with Crippen molar-refractivity contribution in [3.8, 4) is 0 Å². The largest absolute Gasteiger partial charge is 0.318 e. The Hall–Kier alpha value is -3.00. The van der Waals surface area contributed by atoms with E-state index in [1.165, 1.54) is 18.6 Å². The number of hydrogen-bond donors (Lipinski definition) is 1. The fourth-order valence-corrected chi connectivity index (χ4v) is 3.32. The van der Waals surface area contributed by atoms with E-state index in [4.69, 9.17) is 0 Å². The van der Waals surface area contributed by atoms with Crippen LogP contribution in [0.3, 0.4) is 0 Å². The van der Waals surface area contributed by atoms with E-state index in [9.17, 15) is 13.2 Å². The van der Waals surface area contributed by atoms with Gasteiger partial charge in [0.05, 0.1) is 23.0 Å². The quantitative estimate of drug-likeness (QED) is 0.757. The molecular weight excluding hydrogens is 340 g/mol. The molecule has 0 spiro atoms. The van der Waals surface area contributed by atoms with Gasteiger partial charge >= 0.3 is 0 Å². The predicted molar refractivity (Wildman–Crippen MR) is 92.8 cm³/mol. The zero-order chi connectivity index (χ0) is 17.9. The lowest BCUT2D eigenvalue weighted by Crippen LogP contribution is -2.14. The second kappa shape index (κ2) is 6.86. The maximum Gasteiger partial charge on any atom is 0.283 e. The van der Waals surface area contributed by atoms with Crippen LogP contribution in [0.15, 0.2) is 66.0 Å². The maximum absolute atomic E-state index is 12.6. The molecule has 0 radical (unpaired) electrons. The first-order valence-electron chi connectivity index (χ1n) is 7.62. The molecule has 2 heterocycles. The van der Waals surface area contributed by atoms with Crippen molar-refractivity contribution >= 4 is 21.6 Å². The highest BCUT2D eigenvalue weighted by Crippen LogP contribution is 2.17. The molecule has 128 valence electrons. The summed E-state index contributed by atoms with van der Waals surface area (Å²) in [5.74, 6) is -0.440. The molecule has 0 saturated carbocycles. The molecule has 0 aliphatic rings. The number of carbonyl (C=O) groups is 1. The maximum atomic E-state index is 12.6. The number of anilines is 1.